The summed E-state index contributed by atoms with van der Waals surface area (Å²) in [5, 5.41) is 6.11. The molecule has 1 aromatic rings. The lowest BCUT2D eigenvalue weighted by Gasteiger charge is -2.09. The van der Waals surface area contributed by atoms with Crippen molar-refractivity contribution in [2.24, 2.45) is 0 Å². The van der Waals surface area contributed by atoms with Gasteiger partial charge in [-0.1, -0.05) is 13.0 Å². The van der Waals surface area contributed by atoms with Crippen LogP contribution in [0.3, 0.4) is 0 Å². The fourth-order valence-electron chi connectivity index (χ4n) is 1.96. The van der Waals surface area contributed by atoms with E-state index in [2.05, 4.69) is 23.6 Å². The molecule has 0 saturated carbocycles. The Balaban J connectivity index is 2.15. The van der Waals surface area contributed by atoms with Crippen LogP contribution >= 0.6 is 0 Å². The van der Waals surface area contributed by atoms with Crippen LogP contribution in [0.25, 0.3) is 0 Å². The van der Waals surface area contributed by atoms with Crippen molar-refractivity contribution in [1.29, 1.82) is 0 Å². The van der Waals surface area contributed by atoms with Crippen LogP contribution in [-0.2, 0) is 4.79 Å². The summed E-state index contributed by atoms with van der Waals surface area (Å²) in [7, 11) is 0. The molecule has 1 amide bonds. The minimum Gasteiger partial charge on any atom is -0.493 e. The average Bonchev–Trinajstić information content (AvgIpc) is 2.37. The summed E-state index contributed by atoms with van der Waals surface area (Å²) in [5.74, 6) is 0.868. The quantitative estimate of drug-likeness (QED) is 0.681. The minimum atomic E-state index is 0.0349. The first kappa shape index (κ1) is 16.5. The molecule has 0 fully saturated rings. The van der Waals surface area contributed by atoms with E-state index < -0.39 is 0 Å². The standard InChI is InChI=1S/C16H26N2O2/c1-4-6-17-7-8-18-16(19)5-9-20-15-11-13(2)10-14(3)12-15/h10-12,17H,4-9H2,1-3H3,(H,18,19). The van der Waals surface area contributed by atoms with Crippen LogP contribution in [0.1, 0.15) is 30.9 Å². The van der Waals surface area contributed by atoms with Gasteiger partial charge in [-0.05, 0) is 50.1 Å². The molecule has 0 aliphatic rings. The van der Waals surface area contributed by atoms with Crippen LogP contribution < -0.4 is 15.4 Å². The van der Waals surface area contributed by atoms with Crippen LogP contribution in [-0.4, -0.2) is 32.1 Å². The fraction of sp³-hybridized carbons (Fsp3) is 0.562. The highest BCUT2D eigenvalue weighted by Gasteiger charge is 2.02. The van der Waals surface area contributed by atoms with Crippen LogP contribution in [0.4, 0.5) is 0 Å². The third kappa shape index (κ3) is 7.14. The zero-order valence-corrected chi connectivity index (χ0v) is 12.8. The maximum Gasteiger partial charge on any atom is 0.223 e. The van der Waals surface area contributed by atoms with Gasteiger partial charge in [-0.2, -0.15) is 0 Å². The third-order valence-electron chi connectivity index (χ3n) is 2.84. The largest absolute Gasteiger partial charge is 0.493 e. The number of amides is 1. The molecule has 20 heavy (non-hydrogen) atoms. The molecular weight excluding hydrogens is 252 g/mol. The van der Waals surface area contributed by atoms with Crippen molar-refractivity contribution in [2.45, 2.75) is 33.6 Å². The predicted molar refractivity (Wildman–Crippen MR) is 82.2 cm³/mol. The van der Waals surface area contributed by atoms with E-state index >= 15 is 0 Å². The predicted octanol–water partition coefficient (Wildman–Crippen LogP) is 2.19. The van der Waals surface area contributed by atoms with Crippen LogP contribution in [0.5, 0.6) is 5.75 Å². The van der Waals surface area contributed by atoms with Gasteiger partial charge < -0.3 is 15.4 Å². The van der Waals surface area contributed by atoms with Crippen LogP contribution in [0.15, 0.2) is 18.2 Å². The van der Waals surface area contributed by atoms with Gasteiger partial charge in [0.1, 0.15) is 5.75 Å². The van der Waals surface area contributed by atoms with Gasteiger partial charge in [0.15, 0.2) is 0 Å². The normalized spacial score (nSPS) is 10.3. The summed E-state index contributed by atoms with van der Waals surface area (Å²) in [6.07, 6.45) is 1.50. The third-order valence-corrected chi connectivity index (χ3v) is 2.84. The van der Waals surface area contributed by atoms with Gasteiger partial charge in [-0.15, -0.1) is 0 Å². The Hall–Kier alpha value is -1.55. The van der Waals surface area contributed by atoms with Gasteiger partial charge in [0.25, 0.3) is 0 Å². The van der Waals surface area contributed by atoms with E-state index in [1.807, 2.05) is 26.0 Å². The van der Waals surface area contributed by atoms with Gasteiger partial charge in [0.2, 0.25) is 5.91 Å². The summed E-state index contributed by atoms with van der Waals surface area (Å²) in [6.45, 7) is 9.09. The zero-order chi connectivity index (χ0) is 14.8. The lowest BCUT2D eigenvalue weighted by atomic mass is 10.1. The Kier molecular flexibility index (Phi) is 7.73. The molecule has 0 bridgehead atoms. The topological polar surface area (TPSA) is 50.4 Å². The molecule has 1 aromatic carbocycles. The Morgan fingerprint density at radius 1 is 1.10 bits per heavy atom. The molecule has 0 spiro atoms. The van der Waals surface area contributed by atoms with E-state index in [4.69, 9.17) is 4.74 Å². The lowest BCUT2D eigenvalue weighted by molar-refractivity contribution is -0.121. The number of hydrogen-bond acceptors (Lipinski definition) is 3. The van der Waals surface area contributed by atoms with Gasteiger partial charge in [-0.3, -0.25) is 4.79 Å². The Morgan fingerprint density at radius 2 is 1.80 bits per heavy atom. The summed E-state index contributed by atoms with van der Waals surface area (Å²) in [4.78, 5) is 11.6. The highest BCUT2D eigenvalue weighted by atomic mass is 16.5. The number of rotatable bonds is 9. The first-order chi connectivity index (χ1) is 9.61. The molecule has 0 aliphatic heterocycles. The van der Waals surface area contributed by atoms with E-state index in [0.717, 1.165) is 25.3 Å². The van der Waals surface area contributed by atoms with E-state index in [9.17, 15) is 4.79 Å². The second-order valence-electron chi connectivity index (χ2n) is 5.02. The molecule has 0 saturated heterocycles. The number of hydrogen-bond donors (Lipinski definition) is 2. The Bertz CT molecular complexity index is 399. The summed E-state index contributed by atoms with van der Waals surface area (Å²) in [6, 6.07) is 6.07. The Morgan fingerprint density at radius 3 is 2.45 bits per heavy atom. The van der Waals surface area contributed by atoms with Gasteiger partial charge in [0.05, 0.1) is 13.0 Å². The van der Waals surface area contributed by atoms with Crippen molar-refractivity contribution in [3.05, 3.63) is 29.3 Å². The summed E-state index contributed by atoms with van der Waals surface area (Å²) < 4.78 is 5.61. The summed E-state index contributed by atoms with van der Waals surface area (Å²) >= 11 is 0. The highest BCUT2D eigenvalue weighted by molar-refractivity contribution is 5.75. The van der Waals surface area contributed by atoms with Crippen molar-refractivity contribution < 1.29 is 9.53 Å². The zero-order valence-electron chi connectivity index (χ0n) is 12.8. The molecule has 2 N–H and O–H groups in total. The number of ether oxygens (including phenoxy) is 1. The smallest absolute Gasteiger partial charge is 0.223 e. The van der Waals surface area contributed by atoms with Crippen LogP contribution in [0, 0.1) is 13.8 Å². The summed E-state index contributed by atoms with van der Waals surface area (Å²) in [5.41, 5.74) is 2.35. The highest BCUT2D eigenvalue weighted by Crippen LogP contribution is 2.16. The van der Waals surface area contributed by atoms with E-state index in [1.54, 1.807) is 0 Å². The molecule has 0 aliphatic carbocycles. The number of benzene rings is 1. The van der Waals surface area contributed by atoms with Crippen molar-refractivity contribution >= 4 is 5.91 Å². The molecule has 4 nitrogen and oxygen atoms in total. The van der Waals surface area contributed by atoms with Gasteiger partial charge in [0, 0.05) is 13.1 Å². The van der Waals surface area contributed by atoms with E-state index in [-0.39, 0.29) is 5.91 Å². The second kappa shape index (κ2) is 9.37. The lowest BCUT2D eigenvalue weighted by Crippen LogP contribution is -2.32. The average molecular weight is 278 g/mol. The monoisotopic (exact) mass is 278 g/mol. The molecular formula is C16H26N2O2. The molecule has 112 valence electrons. The first-order valence-corrected chi connectivity index (χ1v) is 7.30. The molecule has 0 aromatic heterocycles. The SMILES string of the molecule is CCCNCCNC(=O)CCOc1cc(C)cc(C)c1. The minimum absolute atomic E-state index is 0.0349. The van der Waals surface area contributed by atoms with Crippen LogP contribution in [0.2, 0.25) is 0 Å². The number of carbonyl (C=O) groups is 1. The molecule has 1 rings (SSSR count). The second-order valence-corrected chi connectivity index (χ2v) is 5.02. The Labute approximate surface area is 121 Å². The molecule has 0 unspecified atom stereocenters. The molecule has 4 heteroatoms. The number of aryl methyl sites for hydroxylation is 2. The van der Waals surface area contributed by atoms with E-state index in [1.165, 1.54) is 11.1 Å². The van der Waals surface area contributed by atoms with Gasteiger partial charge >= 0.3 is 0 Å². The first-order valence-electron chi connectivity index (χ1n) is 7.30. The van der Waals surface area contributed by atoms with Gasteiger partial charge in [-0.25, -0.2) is 0 Å². The molecule has 0 radical (unpaired) electrons. The maximum atomic E-state index is 11.6. The molecule has 0 atom stereocenters. The van der Waals surface area contributed by atoms with Crippen molar-refractivity contribution in [2.75, 3.05) is 26.2 Å². The number of carbonyl (C=O) groups excluding carboxylic acids is 1. The fourth-order valence-corrected chi connectivity index (χ4v) is 1.96. The van der Waals surface area contributed by atoms with Crippen molar-refractivity contribution in [1.82, 2.24) is 10.6 Å². The number of nitrogens with one attached hydrogen (secondary N) is 2. The molecule has 0 heterocycles. The van der Waals surface area contributed by atoms with Crippen molar-refractivity contribution in [3.8, 4) is 5.75 Å². The maximum absolute atomic E-state index is 11.6. The van der Waals surface area contributed by atoms with Crippen molar-refractivity contribution in [3.63, 3.8) is 0 Å². The van der Waals surface area contributed by atoms with E-state index in [0.29, 0.717) is 19.6 Å².